The third-order valence-electron chi connectivity index (χ3n) is 3.13. The van der Waals surface area contributed by atoms with Gasteiger partial charge in [0.25, 0.3) is 11.6 Å². The van der Waals surface area contributed by atoms with Crippen molar-refractivity contribution in [2.24, 2.45) is 0 Å². The second-order valence-corrected chi connectivity index (χ2v) is 4.73. The highest BCUT2D eigenvalue weighted by atomic mass is 16.6. The number of non-ortho nitro benzene ring substituents is 1. The Bertz CT molecular complexity index is 716. The fourth-order valence-electron chi connectivity index (χ4n) is 1.93. The van der Waals surface area contributed by atoms with Crippen LogP contribution in [-0.4, -0.2) is 32.9 Å². The summed E-state index contributed by atoms with van der Waals surface area (Å²) in [5.41, 5.74) is 0.787. The SMILES string of the molecule is O=C(N[C@@H](Cc1ccc([N+](=O)[O-])cc1)C(=O)O)c1ccncc1. The second-order valence-electron chi connectivity index (χ2n) is 4.73. The lowest BCUT2D eigenvalue weighted by Crippen LogP contribution is -2.42. The molecule has 8 heteroatoms. The standard InChI is InChI=1S/C15H13N3O5/c19-14(11-5-7-16-8-6-11)17-13(15(20)21)9-10-1-3-12(4-2-10)18(22)23/h1-8,13H,9H2,(H,17,19)(H,20,21)/t13-/m0/s1. The molecule has 2 rings (SSSR count). The number of hydrogen-bond donors (Lipinski definition) is 2. The number of carboxylic acids is 1. The molecule has 0 radical (unpaired) electrons. The van der Waals surface area contributed by atoms with E-state index >= 15 is 0 Å². The minimum Gasteiger partial charge on any atom is -0.480 e. The first-order valence-electron chi connectivity index (χ1n) is 6.64. The molecular weight excluding hydrogens is 302 g/mol. The van der Waals surface area contributed by atoms with E-state index in [-0.39, 0.29) is 12.1 Å². The molecule has 0 fully saturated rings. The lowest BCUT2D eigenvalue weighted by Gasteiger charge is -2.14. The molecule has 2 N–H and O–H groups in total. The van der Waals surface area contributed by atoms with Crippen LogP contribution in [0.3, 0.4) is 0 Å². The fourth-order valence-corrected chi connectivity index (χ4v) is 1.93. The summed E-state index contributed by atoms with van der Waals surface area (Å²) in [4.78, 5) is 37.1. The van der Waals surface area contributed by atoms with Crippen LogP contribution in [0.4, 0.5) is 5.69 Å². The zero-order chi connectivity index (χ0) is 16.8. The average Bonchev–Trinajstić information content (AvgIpc) is 2.55. The van der Waals surface area contributed by atoms with Crippen molar-refractivity contribution in [2.45, 2.75) is 12.5 Å². The van der Waals surface area contributed by atoms with Crippen molar-refractivity contribution in [3.05, 3.63) is 70.0 Å². The zero-order valence-electron chi connectivity index (χ0n) is 11.9. The van der Waals surface area contributed by atoms with E-state index in [0.29, 0.717) is 11.1 Å². The van der Waals surface area contributed by atoms with Gasteiger partial charge in [0, 0.05) is 36.5 Å². The number of aliphatic carboxylic acids is 1. The van der Waals surface area contributed by atoms with Gasteiger partial charge in [-0.2, -0.15) is 0 Å². The Balaban J connectivity index is 2.08. The molecule has 0 aliphatic heterocycles. The van der Waals surface area contributed by atoms with Crippen LogP contribution in [0, 0.1) is 10.1 Å². The lowest BCUT2D eigenvalue weighted by molar-refractivity contribution is -0.384. The smallest absolute Gasteiger partial charge is 0.326 e. The maximum atomic E-state index is 12.0. The number of nitrogens with zero attached hydrogens (tertiary/aromatic N) is 2. The molecule has 2 aromatic rings. The number of rotatable bonds is 6. The molecule has 118 valence electrons. The van der Waals surface area contributed by atoms with E-state index in [1.54, 1.807) is 0 Å². The third kappa shape index (κ3) is 4.34. The van der Waals surface area contributed by atoms with Gasteiger partial charge in [0.2, 0.25) is 0 Å². The first kappa shape index (κ1) is 16.1. The molecule has 1 heterocycles. The number of pyridine rings is 1. The van der Waals surface area contributed by atoms with E-state index in [9.17, 15) is 24.8 Å². The summed E-state index contributed by atoms with van der Waals surface area (Å²) in [5, 5.41) is 22.3. The molecule has 0 saturated carbocycles. The summed E-state index contributed by atoms with van der Waals surface area (Å²) in [6.45, 7) is 0. The molecule has 0 bridgehead atoms. The predicted octanol–water partition coefficient (Wildman–Crippen LogP) is 1.42. The van der Waals surface area contributed by atoms with Crippen LogP contribution in [0.15, 0.2) is 48.8 Å². The number of nitrogens with one attached hydrogen (secondary N) is 1. The molecular formula is C15H13N3O5. The Morgan fingerprint density at radius 1 is 1.17 bits per heavy atom. The molecule has 1 aromatic heterocycles. The third-order valence-corrected chi connectivity index (χ3v) is 3.13. The van der Waals surface area contributed by atoms with Gasteiger partial charge in [-0.05, 0) is 17.7 Å². The Morgan fingerprint density at radius 3 is 2.30 bits per heavy atom. The van der Waals surface area contributed by atoms with Gasteiger partial charge in [-0.1, -0.05) is 12.1 Å². The first-order chi connectivity index (χ1) is 11.0. The topological polar surface area (TPSA) is 122 Å². The second kappa shape index (κ2) is 7.12. The van der Waals surface area contributed by atoms with Crippen LogP contribution >= 0.6 is 0 Å². The van der Waals surface area contributed by atoms with Gasteiger partial charge in [0.1, 0.15) is 6.04 Å². The molecule has 1 amide bonds. The quantitative estimate of drug-likeness (QED) is 0.614. The Hall–Kier alpha value is -3.29. The Labute approximate surface area is 130 Å². The number of amides is 1. The Morgan fingerprint density at radius 2 is 1.78 bits per heavy atom. The number of benzene rings is 1. The van der Waals surface area contributed by atoms with Crippen molar-refractivity contribution in [2.75, 3.05) is 0 Å². The zero-order valence-corrected chi connectivity index (χ0v) is 11.9. The van der Waals surface area contributed by atoms with E-state index in [2.05, 4.69) is 10.3 Å². The molecule has 23 heavy (non-hydrogen) atoms. The highest BCUT2D eigenvalue weighted by Crippen LogP contribution is 2.13. The predicted molar refractivity (Wildman–Crippen MR) is 79.9 cm³/mol. The molecule has 0 saturated heterocycles. The Kier molecular flexibility index (Phi) is 4.98. The fraction of sp³-hybridized carbons (Fsp3) is 0.133. The minimum absolute atomic E-state index is 0.0180. The molecule has 0 aliphatic rings. The number of nitro groups is 1. The maximum absolute atomic E-state index is 12.0. The molecule has 0 unspecified atom stereocenters. The number of carboxylic acid groups (broad SMARTS) is 1. The summed E-state index contributed by atoms with van der Waals surface area (Å²) in [6, 6.07) is 7.31. The molecule has 1 atom stereocenters. The molecule has 0 aliphatic carbocycles. The van der Waals surface area contributed by atoms with Crippen molar-refractivity contribution in [3.8, 4) is 0 Å². The summed E-state index contributed by atoms with van der Waals surface area (Å²) in [7, 11) is 0. The molecule has 8 nitrogen and oxygen atoms in total. The van der Waals surface area contributed by atoms with Gasteiger partial charge < -0.3 is 10.4 Å². The van der Waals surface area contributed by atoms with E-state index in [0.717, 1.165) is 0 Å². The van der Waals surface area contributed by atoms with Gasteiger partial charge in [-0.3, -0.25) is 19.9 Å². The van der Waals surface area contributed by atoms with Crippen LogP contribution in [-0.2, 0) is 11.2 Å². The van der Waals surface area contributed by atoms with Gasteiger partial charge in [0.15, 0.2) is 0 Å². The maximum Gasteiger partial charge on any atom is 0.326 e. The number of hydrogen-bond acceptors (Lipinski definition) is 5. The van der Waals surface area contributed by atoms with E-state index < -0.39 is 22.8 Å². The summed E-state index contributed by atoms with van der Waals surface area (Å²) < 4.78 is 0. The number of nitro benzene ring substituents is 1. The lowest BCUT2D eigenvalue weighted by atomic mass is 10.1. The number of aromatic nitrogens is 1. The van der Waals surface area contributed by atoms with Crippen molar-refractivity contribution < 1.29 is 19.6 Å². The molecule has 1 aromatic carbocycles. The van der Waals surface area contributed by atoms with Crippen molar-refractivity contribution in [3.63, 3.8) is 0 Å². The first-order valence-corrected chi connectivity index (χ1v) is 6.64. The number of carbonyl (C=O) groups excluding carboxylic acids is 1. The van der Waals surface area contributed by atoms with Crippen LogP contribution in [0.2, 0.25) is 0 Å². The van der Waals surface area contributed by atoms with Crippen LogP contribution in [0.5, 0.6) is 0 Å². The summed E-state index contributed by atoms with van der Waals surface area (Å²) in [5.74, 6) is -1.72. The minimum atomic E-state index is -1.19. The van der Waals surface area contributed by atoms with Crippen LogP contribution < -0.4 is 5.32 Å². The van der Waals surface area contributed by atoms with E-state index in [1.165, 1.54) is 48.8 Å². The van der Waals surface area contributed by atoms with Crippen molar-refractivity contribution >= 4 is 17.6 Å². The van der Waals surface area contributed by atoms with Crippen LogP contribution in [0.25, 0.3) is 0 Å². The summed E-state index contributed by atoms with van der Waals surface area (Å²) >= 11 is 0. The number of carbonyl (C=O) groups is 2. The van der Waals surface area contributed by atoms with E-state index in [4.69, 9.17) is 0 Å². The van der Waals surface area contributed by atoms with Gasteiger partial charge >= 0.3 is 5.97 Å². The molecule has 0 spiro atoms. The summed E-state index contributed by atoms with van der Waals surface area (Å²) in [6.07, 6.45) is 2.88. The van der Waals surface area contributed by atoms with Crippen molar-refractivity contribution in [1.29, 1.82) is 0 Å². The van der Waals surface area contributed by atoms with Crippen molar-refractivity contribution in [1.82, 2.24) is 10.3 Å². The van der Waals surface area contributed by atoms with Gasteiger partial charge in [-0.25, -0.2) is 4.79 Å². The van der Waals surface area contributed by atoms with Gasteiger partial charge in [0.05, 0.1) is 4.92 Å². The average molecular weight is 315 g/mol. The van der Waals surface area contributed by atoms with Gasteiger partial charge in [-0.15, -0.1) is 0 Å². The highest BCUT2D eigenvalue weighted by molar-refractivity contribution is 5.96. The normalized spacial score (nSPS) is 11.5. The largest absolute Gasteiger partial charge is 0.480 e. The highest BCUT2D eigenvalue weighted by Gasteiger charge is 2.21. The van der Waals surface area contributed by atoms with E-state index in [1.807, 2.05) is 0 Å². The monoisotopic (exact) mass is 315 g/mol. The van der Waals surface area contributed by atoms with Crippen LogP contribution in [0.1, 0.15) is 15.9 Å².